The number of nitrogens with zero attached hydrogens (tertiary/aromatic N) is 1. The molecule has 3 nitrogen and oxygen atoms in total. The van der Waals surface area contributed by atoms with Crippen molar-refractivity contribution in [2.45, 2.75) is 25.6 Å². The van der Waals surface area contributed by atoms with Crippen LogP contribution < -0.4 is 4.74 Å². The van der Waals surface area contributed by atoms with E-state index in [1.165, 1.54) is 9.75 Å². The fraction of sp³-hybridized carbons (Fsp3) is 0.211. The van der Waals surface area contributed by atoms with Gasteiger partial charge in [0, 0.05) is 21.2 Å². The van der Waals surface area contributed by atoms with Crippen molar-refractivity contribution in [3.8, 4) is 5.75 Å². The summed E-state index contributed by atoms with van der Waals surface area (Å²) in [6.07, 6.45) is 0.0912. The third kappa shape index (κ3) is 3.73. The van der Waals surface area contributed by atoms with E-state index < -0.39 is 6.10 Å². The molecule has 1 aliphatic rings. The zero-order chi connectivity index (χ0) is 17.2. The highest BCUT2D eigenvalue weighted by atomic mass is 35.5. The molecule has 0 N–H and O–H groups in total. The molecule has 128 valence electrons. The number of thiophene rings is 2. The molecular formula is C19H16ClNO2S2. The van der Waals surface area contributed by atoms with E-state index in [1.54, 1.807) is 28.7 Å². The summed E-state index contributed by atoms with van der Waals surface area (Å²) in [6.45, 7) is 1.21. The Labute approximate surface area is 159 Å². The van der Waals surface area contributed by atoms with Crippen molar-refractivity contribution >= 4 is 40.2 Å². The first-order valence-electron chi connectivity index (χ1n) is 7.97. The Morgan fingerprint density at radius 3 is 2.40 bits per heavy atom. The van der Waals surface area contributed by atoms with Crippen molar-refractivity contribution in [1.82, 2.24) is 4.90 Å². The lowest BCUT2D eigenvalue weighted by Gasteiger charge is -2.24. The predicted octanol–water partition coefficient (Wildman–Crippen LogP) is 5.00. The summed E-state index contributed by atoms with van der Waals surface area (Å²) in [6, 6.07) is 13.7. The number of hydrogen-bond donors (Lipinski definition) is 0. The summed E-state index contributed by atoms with van der Waals surface area (Å²) in [7, 11) is 0. The van der Waals surface area contributed by atoms with Gasteiger partial charge >= 0.3 is 0 Å². The average molecular weight is 390 g/mol. The molecule has 1 atom stereocenters. The number of rotatable bonds is 5. The van der Waals surface area contributed by atoms with E-state index in [0.29, 0.717) is 24.5 Å². The van der Waals surface area contributed by atoms with Crippen LogP contribution >= 0.6 is 34.3 Å². The number of benzene rings is 1. The van der Waals surface area contributed by atoms with Crippen molar-refractivity contribution < 1.29 is 9.53 Å². The SMILES string of the molecule is O=C(C1Cc2cc(Cl)ccc2O1)N(Cc1cccs1)Cc1cccs1. The van der Waals surface area contributed by atoms with Gasteiger partial charge in [-0.25, -0.2) is 0 Å². The maximum atomic E-state index is 13.1. The first-order valence-corrected chi connectivity index (χ1v) is 10.1. The molecule has 1 aromatic carbocycles. The molecule has 3 heterocycles. The van der Waals surface area contributed by atoms with Gasteiger partial charge in [0.25, 0.3) is 5.91 Å². The van der Waals surface area contributed by atoms with Crippen LogP contribution in [0.25, 0.3) is 0 Å². The molecule has 25 heavy (non-hydrogen) atoms. The van der Waals surface area contributed by atoms with Crippen LogP contribution in [0.1, 0.15) is 15.3 Å². The van der Waals surface area contributed by atoms with Crippen LogP contribution in [0.5, 0.6) is 5.75 Å². The molecule has 0 saturated carbocycles. The van der Waals surface area contributed by atoms with Gasteiger partial charge in [-0.15, -0.1) is 22.7 Å². The van der Waals surface area contributed by atoms with Gasteiger partial charge in [0.15, 0.2) is 6.10 Å². The lowest BCUT2D eigenvalue weighted by Crippen LogP contribution is -2.40. The molecule has 1 aliphatic heterocycles. The van der Waals surface area contributed by atoms with Gasteiger partial charge in [-0.3, -0.25) is 4.79 Å². The highest BCUT2D eigenvalue weighted by molar-refractivity contribution is 7.10. The molecule has 4 rings (SSSR count). The van der Waals surface area contributed by atoms with Crippen molar-refractivity contribution in [1.29, 1.82) is 0 Å². The highest BCUT2D eigenvalue weighted by Crippen LogP contribution is 2.32. The van der Waals surface area contributed by atoms with Gasteiger partial charge in [-0.2, -0.15) is 0 Å². The first-order chi connectivity index (χ1) is 12.2. The molecular weight excluding hydrogens is 374 g/mol. The maximum Gasteiger partial charge on any atom is 0.264 e. The topological polar surface area (TPSA) is 29.5 Å². The van der Waals surface area contributed by atoms with Crippen molar-refractivity contribution in [3.63, 3.8) is 0 Å². The van der Waals surface area contributed by atoms with Crippen LogP contribution in [0.2, 0.25) is 5.02 Å². The van der Waals surface area contributed by atoms with Gasteiger partial charge in [0.2, 0.25) is 0 Å². The third-order valence-corrected chi connectivity index (χ3v) is 6.10. The molecule has 0 bridgehead atoms. The van der Waals surface area contributed by atoms with Crippen molar-refractivity contribution in [2.24, 2.45) is 0 Å². The minimum absolute atomic E-state index is 0.0223. The quantitative estimate of drug-likeness (QED) is 0.614. The maximum absolute atomic E-state index is 13.1. The summed E-state index contributed by atoms with van der Waals surface area (Å²) in [5, 5.41) is 4.74. The molecule has 2 aromatic heterocycles. The molecule has 0 saturated heterocycles. The fourth-order valence-electron chi connectivity index (χ4n) is 2.95. The summed E-state index contributed by atoms with van der Waals surface area (Å²) < 4.78 is 5.90. The minimum Gasteiger partial charge on any atom is -0.480 e. The second kappa shape index (κ2) is 7.20. The fourth-order valence-corrected chi connectivity index (χ4v) is 4.59. The molecule has 0 aliphatic carbocycles. The van der Waals surface area contributed by atoms with E-state index >= 15 is 0 Å². The van der Waals surface area contributed by atoms with Crippen LogP contribution in [-0.4, -0.2) is 16.9 Å². The zero-order valence-corrected chi connectivity index (χ0v) is 15.7. The number of halogens is 1. The summed E-state index contributed by atoms with van der Waals surface area (Å²) >= 11 is 9.38. The lowest BCUT2D eigenvalue weighted by atomic mass is 10.1. The van der Waals surface area contributed by atoms with Gasteiger partial charge in [0.1, 0.15) is 5.75 Å². The van der Waals surface area contributed by atoms with Gasteiger partial charge < -0.3 is 9.64 Å². The van der Waals surface area contributed by atoms with Gasteiger partial charge in [-0.05, 0) is 46.7 Å². The van der Waals surface area contributed by atoms with E-state index in [0.717, 1.165) is 11.3 Å². The molecule has 1 unspecified atom stereocenters. The Hall–Kier alpha value is -1.82. The standard InChI is InChI=1S/C19H16ClNO2S2/c20-14-5-6-17-13(9-14)10-18(23-17)19(22)21(11-15-3-1-7-24-15)12-16-4-2-8-25-16/h1-9,18H,10-12H2. The van der Waals surface area contributed by atoms with Crippen molar-refractivity contribution in [3.05, 3.63) is 73.6 Å². The molecule has 0 fully saturated rings. The third-order valence-electron chi connectivity index (χ3n) is 4.14. The number of hydrogen-bond acceptors (Lipinski definition) is 4. The summed E-state index contributed by atoms with van der Waals surface area (Å²) in [4.78, 5) is 17.4. The number of amides is 1. The van der Waals surface area contributed by atoms with Gasteiger partial charge in [0.05, 0.1) is 13.1 Å². The number of carbonyl (C=O) groups excluding carboxylic acids is 1. The van der Waals surface area contributed by atoms with Crippen LogP contribution in [-0.2, 0) is 24.3 Å². The lowest BCUT2D eigenvalue weighted by molar-refractivity contribution is -0.139. The Bertz CT molecular complexity index is 825. The smallest absolute Gasteiger partial charge is 0.264 e. The number of fused-ring (bicyclic) bond motifs is 1. The van der Waals surface area contributed by atoms with E-state index in [2.05, 4.69) is 12.1 Å². The normalized spacial score (nSPS) is 15.6. The summed E-state index contributed by atoms with van der Waals surface area (Å²) in [5.41, 5.74) is 0.998. The molecule has 0 spiro atoms. The Morgan fingerprint density at radius 1 is 1.12 bits per heavy atom. The second-order valence-corrected chi connectivity index (χ2v) is 8.42. The summed E-state index contributed by atoms with van der Waals surface area (Å²) in [5.74, 6) is 0.782. The molecule has 0 radical (unpaired) electrons. The van der Waals surface area contributed by atoms with Crippen LogP contribution in [0.15, 0.2) is 53.2 Å². The Morgan fingerprint density at radius 2 is 1.80 bits per heavy atom. The van der Waals surface area contributed by atoms with Gasteiger partial charge in [-0.1, -0.05) is 23.7 Å². The number of ether oxygens (including phenoxy) is 1. The minimum atomic E-state index is -0.478. The molecule has 3 aromatic rings. The van der Waals surface area contributed by atoms with Crippen LogP contribution in [0, 0.1) is 0 Å². The van der Waals surface area contributed by atoms with Crippen LogP contribution in [0.4, 0.5) is 0 Å². The largest absolute Gasteiger partial charge is 0.480 e. The van der Waals surface area contributed by atoms with Crippen LogP contribution in [0.3, 0.4) is 0 Å². The molecule has 1 amide bonds. The Kier molecular flexibility index (Phi) is 4.79. The van der Waals surface area contributed by atoms with E-state index in [-0.39, 0.29) is 5.91 Å². The predicted molar refractivity (Wildman–Crippen MR) is 102 cm³/mol. The van der Waals surface area contributed by atoms with E-state index in [1.807, 2.05) is 39.9 Å². The monoisotopic (exact) mass is 389 g/mol. The van der Waals surface area contributed by atoms with E-state index in [4.69, 9.17) is 16.3 Å². The van der Waals surface area contributed by atoms with E-state index in [9.17, 15) is 4.79 Å². The second-order valence-electron chi connectivity index (χ2n) is 5.92. The Balaban J connectivity index is 1.53. The average Bonchev–Trinajstić information content (AvgIpc) is 3.34. The molecule has 6 heteroatoms. The highest BCUT2D eigenvalue weighted by Gasteiger charge is 2.33. The van der Waals surface area contributed by atoms with Crippen molar-refractivity contribution in [2.75, 3.05) is 0 Å². The zero-order valence-electron chi connectivity index (χ0n) is 13.4. The first kappa shape index (κ1) is 16.6. The number of carbonyl (C=O) groups is 1.